The van der Waals surface area contributed by atoms with E-state index in [0.717, 1.165) is 58.8 Å². The van der Waals surface area contributed by atoms with Crippen molar-refractivity contribution < 1.29 is 9.53 Å². The Morgan fingerprint density at radius 3 is 2.43 bits per heavy atom. The molecule has 0 saturated carbocycles. The van der Waals surface area contributed by atoms with Crippen LogP contribution in [0.15, 0.2) is 0 Å². The highest BCUT2D eigenvalue weighted by atomic mass is 16.5. The van der Waals surface area contributed by atoms with Crippen LogP contribution in [0.4, 0.5) is 4.79 Å². The number of piperidine rings is 1. The number of carbonyl (C=O) groups is 1. The third kappa shape index (κ3) is 5.13. The molecule has 2 heterocycles. The molecule has 0 aromatic carbocycles. The lowest BCUT2D eigenvalue weighted by Gasteiger charge is -2.36. The van der Waals surface area contributed by atoms with Gasteiger partial charge >= 0.3 is 6.03 Å². The van der Waals surface area contributed by atoms with Crippen molar-refractivity contribution in [2.24, 2.45) is 0 Å². The fourth-order valence-electron chi connectivity index (χ4n) is 3.15. The highest BCUT2D eigenvalue weighted by Crippen LogP contribution is 2.12. The second-order valence-corrected chi connectivity index (χ2v) is 6.42. The first-order chi connectivity index (χ1) is 10.1. The molecule has 2 amide bonds. The number of ether oxygens (including phenoxy) is 1. The van der Waals surface area contributed by atoms with E-state index < -0.39 is 0 Å². The number of likely N-dealkylation sites (tertiary alicyclic amines) is 1. The zero-order valence-corrected chi connectivity index (χ0v) is 13.7. The van der Waals surface area contributed by atoms with Crippen molar-refractivity contribution >= 4 is 6.03 Å². The number of amides is 2. The van der Waals surface area contributed by atoms with Gasteiger partial charge in [0.25, 0.3) is 0 Å². The number of rotatable bonds is 4. The van der Waals surface area contributed by atoms with Gasteiger partial charge in [-0.3, -0.25) is 4.90 Å². The Kier molecular flexibility index (Phi) is 6.26. The van der Waals surface area contributed by atoms with Gasteiger partial charge < -0.3 is 19.9 Å². The van der Waals surface area contributed by atoms with Crippen molar-refractivity contribution in [3.05, 3.63) is 0 Å². The van der Waals surface area contributed by atoms with Gasteiger partial charge in [0, 0.05) is 58.9 Å². The summed E-state index contributed by atoms with van der Waals surface area (Å²) in [5.74, 6) is 0. The number of nitrogens with zero attached hydrogens (tertiary/aromatic N) is 3. The normalized spacial score (nSPS) is 23.1. The summed E-state index contributed by atoms with van der Waals surface area (Å²) in [6.07, 6.45) is 2.10. The molecule has 21 heavy (non-hydrogen) atoms. The Morgan fingerprint density at radius 2 is 1.86 bits per heavy atom. The molecule has 0 aromatic rings. The number of hydrogen-bond donors (Lipinski definition) is 1. The lowest BCUT2D eigenvalue weighted by atomic mass is 10.0. The van der Waals surface area contributed by atoms with Crippen LogP contribution >= 0.6 is 0 Å². The maximum atomic E-state index is 11.9. The molecule has 0 spiro atoms. The minimum absolute atomic E-state index is 0.134. The van der Waals surface area contributed by atoms with Crippen molar-refractivity contribution in [1.82, 2.24) is 20.0 Å². The molecule has 6 heteroatoms. The summed E-state index contributed by atoms with van der Waals surface area (Å²) in [5, 5.41) is 3.72. The summed E-state index contributed by atoms with van der Waals surface area (Å²) in [4.78, 5) is 18.0. The predicted molar refractivity (Wildman–Crippen MR) is 83.5 cm³/mol. The van der Waals surface area contributed by atoms with Gasteiger partial charge in [-0.05, 0) is 19.8 Å². The SMILES string of the molecule is CC(CN1CCOCC1)NC1CCN(C(=O)N(C)C)CC1. The van der Waals surface area contributed by atoms with Crippen LogP contribution in [-0.4, -0.2) is 92.8 Å². The van der Waals surface area contributed by atoms with Crippen LogP contribution in [-0.2, 0) is 4.74 Å². The highest BCUT2D eigenvalue weighted by molar-refractivity contribution is 5.73. The summed E-state index contributed by atoms with van der Waals surface area (Å²) in [6.45, 7) is 8.87. The van der Waals surface area contributed by atoms with Crippen molar-refractivity contribution in [2.45, 2.75) is 31.8 Å². The molecule has 2 aliphatic rings. The summed E-state index contributed by atoms with van der Waals surface area (Å²) in [6, 6.07) is 1.16. The smallest absolute Gasteiger partial charge is 0.319 e. The number of hydrogen-bond acceptors (Lipinski definition) is 4. The first-order valence-corrected chi connectivity index (χ1v) is 8.08. The molecule has 0 radical (unpaired) electrons. The van der Waals surface area contributed by atoms with Gasteiger partial charge in [-0.15, -0.1) is 0 Å². The Balaban J connectivity index is 1.66. The monoisotopic (exact) mass is 298 g/mol. The number of nitrogens with one attached hydrogen (secondary N) is 1. The summed E-state index contributed by atoms with van der Waals surface area (Å²) in [7, 11) is 3.63. The van der Waals surface area contributed by atoms with Gasteiger partial charge in [0.05, 0.1) is 13.2 Å². The topological polar surface area (TPSA) is 48.1 Å². The van der Waals surface area contributed by atoms with E-state index in [0.29, 0.717) is 12.1 Å². The molecule has 0 bridgehead atoms. The summed E-state index contributed by atoms with van der Waals surface area (Å²) in [5.41, 5.74) is 0. The van der Waals surface area contributed by atoms with E-state index in [1.165, 1.54) is 0 Å². The van der Waals surface area contributed by atoms with Crippen LogP contribution in [0.3, 0.4) is 0 Å². The molecular weight excluding hydrogens is 268 g/mol. The van der Waals surface area contributed by atoms with Crippen molar-refractivity contribution in [3.8, 4) is 0 Å². The average Bonchev–Trinajstić information content (AvgIpc) is 2.48. The van der Waals surface area contributed by atoms with E-state index in [2.05, 4.69) is 17.1 Å². The fourth-order valence-corrected chi connectivity index (χ4v) is 3.15. The molecule has 0 aliphatic carbocycles. The van der Waals surface area contributed by atoms with Gasteiger partial charge in [0.1, 0.15) is 0 Å². The lowest BCUT2D eigenvalue weighted by Crippen LogP contribution is -2.52. The van der Waals surface area contributed by atoms with Crippen LogP contribution in [0.2, 0.25) is 0 Å². The van der Waals surface area contributed by atoms with Crippen molar-refractivity contribution in [3.63, 3.8) is 0 Å². The zero-order chi connectivity index (χ0) is 15.2. The van der Waals surface area contributed by atoms with Crippen molar-refractivity contribution in [1.29, 1.82) is 0 Å². The fraction of sp³-hybridized carbons (Fsp3) is 0.933. The molecule has 122 valence electrons. The Hall–Kier alpha value is -0.850. The van der Waals surface area contributed by atoms with Gasteiger partial charge in [-0.2, -0.15) is 0 Å². The largest absolute Gasteiger partial charge is 0.379 e. The minimum Gasteiger partial charge on any atom is -0.379 e. The van der Waals surface area contributed by atoms with E-state index in [1.807, 2.05) is 19.0 Å². The Labute approximate surface area is 128 Å². The molecule has 2 rings (SSSR count). The van der Waals surface area contributed by atoms with Crippen LogP contribution < -0.4 is 5.32 Å². The number of morpholine rings is 1. The molecule has 2 aliphatic heterocycles. The Bertz CT molecular complexity index is 324. The van der Waals surface area contributed by atoms with Crippen LogP contribution in [0.1, 0.15) is 19.8 Å². The second kappa shape index (κ2) is 7.96. The minimum atomic E-state index is 0.134. The third-order valence-corrected chi connectivity index (χ3v) is 4.30. The van der Waals surface area contributed by atoms with E-state index in [-0.39, 0.29) is 6.03 Å². The molecule has 1 unspecified atom stereocenters. The van der Waals surface area contributed by atoms with E-state index in [9.17, 15) is 4.79 Å². The maximum Gasteiger partial charge on any atom is 0.319 e. The molecule has 1 atom stereocenters. The molecule has 2 fully saturated rings. The first kappa shape index (κ1) is 16.5. The third-order valence-electron chi connectivity index (χ3n) is 4.30. The maximum absolute atomic E-state index is 11.9. The summed E-state index contributed by atoms with van der Waals surface area (Å²) < 4.78 is 5.38. The number of urea groups is 1. The lowest BCUT2D eigenvalue weighted by molar-refractivity contribution is 0.0333. The molecule has 6 nitrogen and oxygen atoms in total. The summed E-state index contributed by atoms with van der Waals surface area (Å²) >= 11 is 0. The van der Waals surface area contributed by atoms with Gasteiger partial charge in [-0.1, -0.05) is 0 Å². The first-order valence-electron chi connectivity index (χ1n) is 8.08. The van der Waals surface area contributed by atoms with E-state index >= 15 is 0 Å². The number of carbonyl (C=O) groups excluding carboxylic acids is 1. The highest BCUT2D eigenvalue weighted by Gasteiger charge is 2.25. The van der Waals surface area contributed by atoms with Gasteiger partial charge in [0.15, 0.2) is 0 Å². The predicted octanol–water partition coefficient (Wildman–Crippen LogP) is 0.443. The van der Waals surface area contributed by atoms with Crippen LogP contribution in [0.5, 0.6) is 0 Å². The zero-order valence-electron chi connectivity index (χ0n) is 13.7. The van der Waals surface area contributed by atoms with Gasteiger partial charge in [-0.25, -0.2) is 4.79 Å². The van der Waals surface area contributed by atoms with Gasteiger partial charge in [0.2, 0.25) is 0 Å². The van der Waals surface area contributed by atoms with Crippen LogP contribution in [0.25, 0.3) is 0 Å². The molecule has 1 N–H and O–H groups in total. The second-order valence-electron chi connectivity index (χ2n) is 6.42. The Morgan fingerprint density at radius 1 is 1.24 bits per heavy atom. The molecular formula is C15H30N4O2. The average molecular weight is 298 g/mol. The quantitative estimate of drug-likeness (QED) is 0.818. The molecule has 2 saturated heterocycles. The van der Waals surface area contributed by atoms with Crippen molar-refractivity contribution in [2.75, 3.05) is 60.0 Å². The van der Waals surface area contributed by atoms with E-state index in [4.69, 9.17) is 4.74 Å². The van der Waals surface area contributed by atoms with Crippen LogP contribution in [0, 0.1) is 0 Å². The standard InChI is InChI=1S/C15H30N4O2/c1-13(12-18-8-10-21-11-9-18)16-14-4-6-19(7-5-14)15(20)17(2)3/h13-14,16H,4-12H2,1-3H3. The molecule has 0 aromatic heterocycles. The van der Waals surface area contributed by atoms with E-state index in [1.54, 1.807) is 4.90 Å².